The number of hydrogen-bond donors (Lipinski definition) is 3. The molecule has 0 aliphatic rings. The van der Waals surface area contributed by atoms with E-state index in [1.807, 2.05) is 0 Å². The highest BCUT2D eigenvalue weighted by molar-refractivity contribution is 5.77. The van der Waals surface area contributed by atoms with Gasteiger partial charge in [0.25, 0.3) is 5.56 Å². The fourth-order valence-electron chi connectivity index (χ4n) is 1.15. The van der Waals surface area contributed by atoms with E-state index in [9.17, 15) is 9.59 Å². The van der Waals surface area contributed by atoms with E-state index in [0.29, 0.717) is 0 Å². The van der Waals surface area contributed by atoms with Crippen LogP contribution >= 0.6 is 0 Å². The molecule has 2 aromatic heterocycles. The van der Waals surface area contributed by atoms with Gasteiger partial charge in [-0.2, -0.15) is 4.98 Å². The maximum absolute atomic E-state index is 11.4. The number of aromatic amines is 1. The molecule has 90 valence electrons. The van der Waals surface area contributed by atoms with Gasteiger partial charge in [-0.05, 0) is 6.92 Å². The second-order valence-electron chi connectivity index (χ2n) is 3.39. The van der Waals surface area contributed by atoms with Gasteiger partial charge in [0, 0.05) is 0 Å². The number of carbonyl (C=O) groups excluding carboxylic acids is 1. The first-order chi connectivity index (χ1) is 7.99. The Hall–Kier alpha value is -2.42. The molecule has 2 rings (SSSR count). The third kappa shape index (κ3) is 1.95. The van der Waals surface area contributed by atoms with Gasteiger partial charge < -0.3 is 16.3 Å². The SMILES string of the molecule is C[C@H](N)C(=O)On1cnc2c(=O)[nH]c(N)nc21. The number of nitrogen functional groups attached to an aromatic ring is 1. The fraction of sp³-hybridized carbons (Fsp3) is 0.250. The average molecular weight is 238 g/mol. The molecule has 1 atom stereocenters. The van der Waals surface area contributed by atoms with Crippen LogP contribution in [0.5, 0.6) is 0 Å². The molecule has 9 heteroatoms. The van der Waals surface area contributed by atoms with Gasteiger partial charge in [0.2, 0.25) is 11.6 Å². The van der Waals surface area contributed by atoms with Gasteiger partial charge in [0.1, 0.15) is 12.4 Å². The number of fused-ring (bicyclic) bond motifs is 1. The number of nitrogens with zero attached hydrogens (tertiary/aromatic N) is 3. The van der Waals surface area contributed by atoms with Crippen molar-refractivity contribution in [2.24, 2.45) is 5.73 Å². The highest BCUT2D eigenvalue weighted by atomic mass is 16.7. The first kappa shape index (κ1) is 11.1. The highest BCUT2D eigenvalue weighted by Gasteiger charge is 2.15. The van der Waals surface area contributed by atoms with Gasteiger partial charge in [-0.1, -0.05) is 0 Å². The van der Waals surface area contributed by atoms with Crippen molar-refractivity contribution in [1.82, 2.24) is 19.7 Å². The Bertz CT molecular complexity index is 628. The topological polar surface area (TPSA) is 142 Å². The number of anilines is 1. The Kier molecular flexibility index (Phi) is 2.52. The number of nitrogens with one attached hydrogen (secondary N) is 1. The summed E-state index contributed by atoms with van der Waals surface area (Å²) in [4.78, 5) is 37.4. The van der Waals surface area contributed by atoms with E-state index in [2.05, 4.69) is 15.0 Å². The van der Waals surface area contributed by atoms with E-state index >= 15 is 0 Å². The van der Waals surface area contributed by atoms with Crippen LogP contribution in [-0.2, 0) is 4.79 Å². The third-order valence-electron chi connectivity index (χ3n) is 1.96. The number of H-pyrrole nitrogens is 1. The van der Waals surface area contributed by atoms with Crippen LogP contribution in [0.4, 0.5) is 5.95 Å². The molecule has 0 bridgehead atoms. The molecular weight excluding hydrogens is 228 g/mol. The predicted molar refractivity (Wildman–Crippen MR) is 57.8 cm³/mol. The van der Waals surface area contributed by atoms with Gasteiger partial charge >= 0.3 is 5.97 Å². The molecule has 0 unspecified atom stereocenters. The number of nitrogens with two attached hydrogens (primary N) is 2. The Balaban J connectivity index is 2.49. The first-order valence-corrected chi connectivity index (χ1v) is 4.69. The van der Waals surface area contributed by atoms with Crippen molar-refractivity contribution in [3.8, 4) is 0 Å². The van der Waals surface area contributed by atoms with Crippen molar-refractivity contribution in [2.75, 3.05) is 5.73 Å². The third-order valence-corrected chi connectivity index (χ3v) is 1.96. The van der Waals surface area contributed by atoms with Crippen LogP contribution in [0.3, 0.4) is 0 Å². The number of aromatic nitrogens is 4. The summed E-state index contributed by atoms with van der Waals surface area (Å²) in [7, 11) is 0. The molecular formula is C8H10N6O3. The quantitative estimate of drug-likeness (QED) is 0.549. The highest BCUT2D eigenvalue weighted by Crippen LogP contribution is 2.04. The van der Waals surface area contributed by atoms with Crippen LogP contribution in [-0.4, -0.2) is 31.7 Å². The lowest BCUT2D eigenvalue weighted by Gasteiger charge is -2.06. The monoisotopic (exact) mass is 238 g/mol. The van der Waals surface area contributed by atoms with Gasteiger partial charge in [0.05, 0.1) is 0 Å². The standard InChI is InChI=1S/C8H10N6O3/c1-3(9)7(16)17-14-2-11-4-5(14)12-8(10)13-6(4)15/h2-3H,9H2,1H3,(H3,10,12,13,15)/t3-/m0/s1. The van der Waals surface area contributed by atoms with Crippen molar-refractivity contribution < 1.29 is 9.63 Å². The largest absolute Gasteiger partial charge is 0.369 e. The molecule has 2 aromatic rings. The molecule has 9 nitrogen and oxygen atoms in total. The van der Waals surface area contributed by atoms with Gasteiger partial charge in [-0.15, -0.1) is 4.73 Å². The van der Waals surface area contributed by atoms with Crippen LogP contribution in [0.15, 0.2) is 11.1 Å². The molecule has 0 aliphatic carbocycles. The lowest BCUT2D eigenvalue weighted by atomic mass is 10.4. The minimum Gasteiger partial charge on any atom is -0.369 e. The van der Waals surface area contributed by atoms with E-state index in [1.54, 1.807) is 0 Å². The smallest absolute Gasteiger partial charge is 0.349 e. The minimum absolute atomic E-state index is 0.0247. The lowest BCUT2D eigenvalue weighted by Crippen LogP contribution is -2.35. The van der Waals surface area contributed by atoms with E-state index in [1.165, 1.54) is 6.92 Å². The van der Waals surface area contributed by atoms with Gasteiger partial charge in [-0.25, -0.2) is 9.78 Å². The molecule has 5 N–H and O–H groups in total. The van der Waals surface area contributed by atoms with E-state index < -0.39 is 17.6 Å². The van der Waals surface area contributed by atoms with Gasteiger partial charge in [-0.3, -0.25) is 9.78 Å². The fourth-order valence-corrected chi connectivity index (χ4v) is 1.15. The number of hydrogen-bond acceptors (Lipinski definition) is 7. The summed E-state index contributed by atoms with van der Waals surface area (Å²) in [5.74, 6) is -0.772. The Morgan fingerprint density at radius 3 is 3.00 bits per heavy atom. The molecule has 0 amide bonds. The first-order valence-electron chi connectivity index (χ1n) is 4.69. The maximum atomic E-state index is 11.4. The molecule has 0 aromatic carbocycles. The Morgan fingerprint density at radius 1 is 1.65 bits per heavy atom. The number of carbonyl (C=O) groups is 1. The zero-order valence-electron chi connectivity index (χ0n) is 8.88. The molecule has 0 saturated carbocycles. The van der Waals surface area contributed by atoms with E-state index in [0.717, 1.165) is 11.1 Å². The summed E-state index contributed by atoms with van der Waals surface area (Å²) in [6.07, 6.45) is 1.15. The second kappa shape index (κ2) is 3.87. The molecule has 0 fully saturated rings. The van der Waals surface area contributed by atoms with Crippen LogP contribution < -0.4 is 21.9 Å². The summed E-state index contributed by atoms with van der Waals surface area (Å²) in [5, 5.41) is 0. The summed E-state index contributed by atoms with van der Waals surface area (Å²) in [5.41, 5.74) is 10.3. The van der Waals surface area contributed by atoms with Crippen molar-refractivity contribution >= 4 is 23.1 Å². The van der Waals surface area contributed by atoms with Crippen LogP contribution in [0.25, 0.3) is 11.2 Å². The van der Waals surface area contributed by atoms with E-state index in [4.69, 9.17) is 16.3 Å². The Labute approximate surface area is 94.4 Å². The minimum atomic E-state index is -0.799. The van der Waals surface area contributed by atoms with Crippen molar-refractivity contribution in [2.45, 2.75) is 13.0 Å². The zero-order valence-corrected chi connectivity index (χ0v) is 8.88. The summed E-state index contributed by atoms with van der Waals surface area (Å²) in [6, 6.07) is -0.799. The van der Waals surface area contributed by atoms with Crippen molar-refractivity contribution in [3.05, 3.63) is 16.7 Å². The number of imidazole rings is 1. The summed E-state index contributed by atoms with van der Waals surface area (Å²) >= 11 is 0. The molecule has 0 saturated heterocycles. The predicted octanol–water partition coefficient (Wildman–Crippen LogP) is -2.00. The number of rotatable bonds is 2. The molecule has 2 heterocycles. The molecule has 0 aliphatic heterocycles. The molecule has 0 radical (unpaired) electrons. The molecule has 0 spiro atoms. The van der Waals surface area contributed by atoms with Gasteiger partial charge in [0.15, 0.2) is 5.52 Å². The van der Waals surface area contributed by atoms with Crippen LogP contribution in [0.2, 0.25) is 0 Å². The average Bonchev–Trinajstić information content (AvgIpc) is 2.61. The van der Waals surface area contributed by atoms with Crippen LogP contribution in [0, 0.1) is 0 Å². The van der Waals surface area contributed by atoms with Crippen LogP contribution in [0.1, 0.15) is 6.92 Å². The Morgan fingerprint density at radius 2 is 2.35 bits per heavy atom. The maximum Gasteiger partial charge on any atom is 0.349 e. The van der Waals surface area contributed by atoms with Crippen molar-refractivity contribution in [3.63, 3.8) is 0 Å². The summed E-state index contributed by atoms with van der Waals surface area (Å²) < 4.78 is 0.951. The van der Waals surface area contributed by atoms with Crippen molar-refractivity contribution in [1.29, 1.82) is 0 Å². The summed E-state index contributed by atoms with van der Waals surface area (Å²) in [6.45, 7) is 1.47. The zero-order chi connectivity index (χ0) is 12.6. The molecule has 17 heavy (non-hydrogen) atoms. The van der Waals surface area contributed by atoms with E-state index in [-0.39, 0.29) is 17.1 Å². The lowest BCUT2D eigenvalue weighted by molar-refractivity contribution is -0.144. The normalized spacial score (nSPS) is 12.6. The second-order valence-corrected chi connectivity index (χ2v) is 3.39.